The third-order valence-electron chi connectivity index (χ3n) is 2.14. The molecule has 0 aliphatic heterocycles. The fraction of sp³-hybridized carbons (Fsp3) is 0.800. The van der Waals surface area contributed by atoms with Crippen LogP contribution in [0.2, 0.25) is 0 Å². The molecule has 0 aliphatic carbocycles. The van der Waals surface area contributed by atoms with Crippen molar-refractivity contribution in [2.75, 3.05) is 13.2 Å². The largest absolute Gasteiger partial charge is 0.490 e. The lowest BCUT2D eigenvalue weighted by Gasteiger charge is -2.26. The molecule has 21 heavy (non-hydrogen) atoms. The zero-order valence-corrected chi connectivity index (χ0v) is 10.6. The van der Waals surface area contributed by atoms with Crippen LogP contribution in [0.3, 0.4) is 0 Å². The fourth-order valence-corrected chi connectivity index (χ4v) is 1.04. The number of alkyl halides is 7. The summed E-state index contributed by atoms with van der Waals surface area (Å²) in [5.74, 6) is -13.1. The van der Waals surface area contributed by atoms with Crippen molar-refractivity contribution in [2.24, 2.45) is 0 Å². The van der Waals surface area contributed by atoms with E-state index in [0.717, 1.165) is 6.92 Å². The van der Waals surface area contributed by atoms with Crippen molar-refractivity contribution < 1.29 is 49.8 Å². The number of hydrogen-bond acceptors (Lipinski definition) is 4. The van der Waals surface area contributed by atoms with Crippen molar-refractivity contribution in [1.82, 2.24) is 0 Å². The summed E-state index contributed by atoms with van der Waals surface area (Å²) in [6.45, 7) is -1.64. The number of carbonyl (C=O) groups excluding carboxylic acids is 2. The zero-order chi connectivity index (χ0) is 16.9. The van der Waals surface area contributed by atoms with Gasteiger partial charge in [0.15, 0.2) is 0 Å². The van der Waals surface area contributed by atoms with Gasteiger partial charge in [-0.1, -0.05) is 0 Å². The van der Waals surface area contributed by atoms with Gasteiger partial charge in [-0.05, 0) is 0 Å². The summed E-state index contributed by atoms with van der Waals surface area (Å²) < 4.78 is 95.0. The van der Waals surface area contributed by atoms with Crippen LogP contribution in [0, 0.1) is 0 Å². The number of ether oxygens (including phenoxy) is 2. The molecule has 11 heteroatoms. The number of halogens is 7. The molecule has 0 atom stereocenters. The van der Waals surface area contributed by atoms with Gasteiger partial charge in [0.05, 0.1) is 26.1 Å². The Morgan fingerprint density at radius 1 is 0.810 bits per heavy atom. The molecular weight excluding hydrogens is 317 g/mol. The minimum atomic E-state index is -5.40. The Morgan fingerprint density at radius 3 is 1.52 bits per heavy atom. The van der Waals surface area contributed by atoms with Crippen LogP contribution in [0.25, 0.3) is 0 Å². The van der Waals surface area contributed by atoms with E-state index in [0.29, 0.717) is 0 Å². The topological polar surface area (TPSA) is 52.6 Å². The third-order valence-corrected chi connectivity index (χ3v) is 2.14. The first-order valence-electron chi connectivity index (χ1n) is 5.42. The van der Waals surface area contributed by atoms with Crippen molar-refractivity contribution in [1.29, 1.82) is 0 Å². The van der Waals surface area contributed by atoms with Gasteiger partial charge in [-0.3, -0.25) is 4.79 Å². The van der Waals surface area contributed by atoms with Gasteiger partial charge in [0, 0.05) is 6.92 Å². The van der Waals surface area contributed by atoms with Gasteiger partial charge < -0.3 is 9.47 Å². The van der Waals surface area contributed by atoms with E-state index in [4.69, 9.17) is 0 Å². The highest BCUT2D eigenvalue weighted by Gasteiger charge is 2.55. The van der Waals surface area contributed by atoms with E-state index >= 15 is 0 Å². The standard InChI is InChI=1S/C10H11F7O4/c1-6(18)20-4-2-8(11,12)9(13,14)3-5-21-7(19)10(15,16)17/h2-5H2,1H3. The van der Waals surface area contributed by atoms with E-state index in [1.165, 1.54) is 0 Å². The van der Waals surface area contributed by atoms with Crippen molar-refractivity contribution >= 4 is 11.9 Å². The molecule has 0 unspecified atom stereocenters. The highest BCUT2D eigenvalue weighted by molar-refractivity contribution is 5.75. The molecule has 0 rings (SSSR count). The van der Waals surface area contributed by atoms with E-state index in [1.807, 2.05) is 0 Å². The highest BCUT2D eigenvalue weighted by atomic mass is 19.4. The molecule has 0 fully saturated rings. The molecule has 0 aromatic carbocycles. The number of hydrogen-bond donors (Lipinski definition) is 0. The Kier molecular flexibility index (Phi) is 6.43. The summed E-state index contributed by atoms with van der Waals surface area (Å²) in [5.41, 5.74) is 0. The maximum Gasteiger partial charge on any atom is 0.490 e. The maximum atomic E-state index is 13.1. The maximum absolute atomic E-state index is 13.1. The van der Waals surface area contributed by atoms with E-state index in [-0.39, 0.29) is 0 Å². The van der Waals surface area contributed by atoms with Gasteiger partial charge in [-0.2, -0.15) is 30.7 Å². The smallest absolute Gasteiger partial charge is 0.466 e. The van der Waals surface area contributed by atoms with Gasteiger partial charge in [0.1, 0.15) is 0 Å². The molecule has 0 aromatic heterocycles. The summed E-state index contributed by atoms with van der Waals surface area (Å²) >= 11 is 0. The predicted molar refractivity (Wildman–Crippen MR) is 52.8 cm³/mol. The minimum Gasteiger partial charge on any atom is -0.466 e. The first kappa shape index (κ1) is 19.4. The Morgan fingerprint density at radius 2 is 1.19 bits per heavy atom. The molecule has 0 spiro atoms. The molecule has 0 aromatic rings. The molecule has 0 radical (unpaired) electrons. The van der Waals surface area contributed by atoms with Crippen LogP contribution in [0.1, 0.15) is 19.8 Å². The van der Waals surface area contributed by atoms with E-state index < -0.39 is 56.0 Å². The van der Waals surface area contributed by atoms with Crippen LogP contribution in [0.4, 0.5) is 30.7 Å². The Labute approximate surface area is 114 Å². The van der Waals surface area contributed by atoms with E-state index in [9.17, 15) is 40.3 Å². The summed E-state index contributed by atoms with van der Waals surface area (Å²) in [6, 6.07) is 0. The zero-order valence-electron chi connectivity index (χ0n) is 10.6. The SMILES string of the molecule is CC(=O)OCCC(F)(F)C(F)(F)CCOC(=O)C(F)(F)F. The molecule has 0 saturated heterocycles. The normalized spacial score (nSPS) is 13.0. The number of esters is 2. The predicted octanol–water partition coefficient (Wildman–Crippen LogP) is 2.71. The van der Waals surface area contributed by atoms with Crippen LogP contribution < -0.4 is 0 Å². The summed E-state index contributed by atoms with van der Waals surface area (Å²) in [5, 5.41) is 0. The quantitative estimate of drug-likeness (QED) is 0.533. The Hall–Kier alpha value is -1.55. The second kappa shape index (κ2) is 6.94. The number of rotatable bonds is 7. The highest BCUT2D eigenvalue weighted by Crippen LogP contribution is 2.39. The van der Waals surface area contributed by atoms with Gasteiger partial charge in [0.25, 0.3) is 0 Å². The fourth-order valence-electron chi connectivity index (χ4n) is 1.04. The van der Waals surface area contributed by atoms with Crippen LogP contribution in [-0.4, -0.2) is 43.2 Å². The average Bonchev–Trinajstić information content (AvgIpc) is 2.26. The van der Waals surface area contributed by atoms with Crippen molar-refractivity contribution in [3.8, 4) is 0 Å². The van der Waals surface area contributed by atoms with Gasteiger partial charge in [-0.15, -0.1) is 0 Å². The summed E-state index contributed by atoms with van der Waals surface area (Å²) in [7, 11) is 0. The lowest BCUT2D eigenvalue weighted by atomic mass is 10.1. The first-order chi connectivity index (χ1) is 9.29. The molecule has 0 heterocycles. The van der Waals surface area contributed by atoms with Crippen LogP contribution in [0.15, 0.2) is 0 Å². The lowest BCUT2D eigenvalue weighted by molar-refractivity contribution is -0.228. The van der Waals surface area contributed by atoms with Crippen molar-refractivity contribution in [3.05, 3.63) is 0 Å². The van der Waals surface area contributed by atoms with Gasteiger partial charge >= 0.3 is 30.0 Å². The Balaban J connectivity index is 4.39. The molecule has 124 valence electrons. The van der Waals surface area contributed by atoms with E-state index in [2.05, 4.69) is 9.47 Å². The Bertz CT molecular complexity index is 378. The van der Waals surface area contributed by atoms with Crippen LogP contribution in [-0.2, 0) is 19.1 Å². The minimum absolute atomic E-state index is 0.882. The molecule has 4 nitrogen and oxygen atoms in total. The third kappa shape index (κ3) is 6.63. The number of carbonyl (C=O) groups is 2. The second-order valence-corrected chi connectivity index (χ2v) is 3.88. The van der Waals surface area contributed by atoms with E-state index in [1.54, 1.807) is 0 Å². The lowest BCUT2D eigenvalue weighted by Crippen LogP contribution is -2.42. The summed E-state index contributed by atoms with van der Waals surface area (Å²) in [6.07, 6.45) is -8.72. The summed E-state index contributed by atoms with van der Waals surface area (Å²) in [4.78, 5) is 20.5. The van der Waals surface area contributed by atoms with Crippen molar-refractivity contribution in [2.45, 2.75) is 37.8 Å². The molecule has 0 bridgehead atoms. The van der Waals surface area contributed by atoms with Crippen LogP contribution in [0.5, 0.6) is 0 Å². The molecular formula is C10H11F7O4. The molecule has 0 saturated carbocycles. The van der Waals surface area contributed by atoms with Crippen LogP contribution >= 0.6 is 0 Å². The van der Waals surface area contributed by atoms with Crippen molar-refractivity contribution in [3.63, 3.8) is 0 Å². The molecule has 0 amide bonds. The average molecular weight is 328 g/mol. The second-order valence-electron chi connectivity index (χ2n) is 3.88. The van der Waals surface area contributed by atoms with Gasteiger partial charge in [-0.25, -0.2) is 4.79 Å². The first-order valence-corrected chi connectivity index (χ1v) is 5.42. The monoisotopic (exact) mass is 328 g/mol. The molecule has 0 aliphatic rings. The molecule has 0 N–H and O–H groups in total. The van der Waals surface area contributed by atoms with Gasteiger partial charge in [0.2, 0.25) is 0 Å².